The number of nitrogens with one attached hydrogen (secondary N) is 1. The van der Waals surface area contributed by atoms with Crippen molar-refractivity contribution < 1.29 is 8.42 Å². The normalized spacial score (nSPS) is 16.6. The average molecular weight is 396 g/mol. The van der Waals surface area contributed by atoms with Gasteiger partial charge in [-0.2, -0.15) is 5.10 Å². The van der Waals surface area contributed by atoms with Gasteiger partial charge in [-0.05, 0) is 30.0 Å². The standard InChI is InChI=1S/C13H9Cl3N2O2S2/c14-7-5-9(15)12(10(16)6-7)18-17-11-1-3-21-13-8(11)2-4-22(13,19)20/h1,3,5-6,18H,2,4H2. The van der Waals surface area contributed by atoms with Gasteiger partial charge < -0.3 is 0 Å². The first-order chi connectivity index (χ1) is 10.4. The van der Waals surface area contributed by atoms with Crippen LogP contribution < -0.4 is 10.8 Å². The highest BCUT2D eigenvalue weighted by atomic mass is 35.5. The summed E-state index contributed by atoms with van der Waals surface area (Å²) in [5.41, 5.74) is 3.94. The molecule has 1 aliphatic rings. The van der Waals surface area contributed by atoms with Crippen molar-refractivity contribution in [2.24, 2.45) is 5.10 Å². The summed E-state index contributed by atoms with van der Waals surface area (Å²) in [6.45, 7) is 0. The maximum Gasteiger partial charge on any atom is 0.188 e. The molecule has 0 fully saturated rings. The first kappa shape index (κ1) is 16.1. The van der Waals surface area contributed by atoms with Crippen LogP contribution in [0.5, 0.6) is 0 Å². The van der Waals surface area contributed by atoms with Crippen molar-refractivity contribution in [2.75, 3.05) is 11.2 Å². The maximum absolute atomic E-state index is 11.9. The fraction of sp³-hybridized carbons (Fsp3) is 0.154. The van der Waals surface area contributed by atoms with Crippen LogP contribution in [0.1, 0.15) is 5.56 Å². The number of nitrogens with zero attached hydrogens (tertiary/aromatic N) is 1. The fourth-order valence-corrected chi connectivity index (χ4v) is 5.94. The van der Waals surface area contributed by atoms with E-state index in [1.54, 1.807) is 23.6 Å². The summed E-state index contributed by atoms with van der Waals surface area (Å²) in [5.74, 6) is 0.119. The molecular formula is C13H9Cl3N2O2S2. The number of sulfone groups is 1. The van der Waals surface area contributed by atoms with Crippen LogP contribution in [0.25, 0.3) is 0 Å². The second-order valence-electron chi connectivity index (χ2n) is 4.61. The molecule has 9 heteroatoms. The lowest BCUT2D eigenvalue weighted by molar-refractivity contribution is 0.601. The van der Waals surface area contributed by atoms with E-state index in [9.17, 15) is 8.42 Å². The van der Waals surface area contributed by atoms with Gasteiger partial charge in [-0.25, -0.2) is 8.42 Å². The van der Waals surface area contributed by atoms with Gasteiger partial charge in [0.25, 0.3) is 0 Å². The van der Waals surface area contributed by atoms with Gasteiger partial charge >= 0.3 is 0 Å². The lowest BCUT2D eigenvalue weighted by Gasteiger charge is -2.07. The van der Waals surface area contributed by atoms with Crippen molar-refractivity contribution in [2.45, 2.75) is 10.6 Å². The van der Waals surface area contributed by atoms with Gasteiger partial charge in [0.2, 0.25) is 0 Å². The van der Waals surface area contributed by atoms with E-state index in [2.05, 4.69) is 10.5 Å². The minimum Gasteiger partial charge on any atom is -0.275 e. The molecule has 0 spiro atoms. The van der Waals surface area contributed by atoms with Gasteiger partial charge in [0.15, 0.2) is 9.84 Å². The first-order valence-electron chi connectivity index (χ1n) is 6.16. The second-order valence-corrected chi connectivity index (χ2v) is 9.08. The van der Waals surface area contributed by atoms with E-state index < -0.39 is 9.84 Å². The molecule has 3 rings (SSSR count). The van der Waals surface area contributed by atoms with Gasteiger partial charge in [-0.1, -0.05) is 34.8 Å². The Morgan fingerprint density at radius 1 is 1.18 bits per heavy atom. The van der Waals surface area contributed by atoms with Crippen molar-refractivity contribution in [3.8, 4) is 0 Å². The van der Waals surface area contributed by atoms with Crippen molar-refractivity contribution in [3.63, 3.8) is 0 Å². The second kappa shape index (κ2) is 6.02. The quantitative estimate of drug-likeness (QED) is 0.783. The molecule has 0 bridgehead atoms. The fourth-order valence-electron chi connectivity index (χ4n) is 2.13. The smallest absolute Gasteiger partial charge is 0.188 e. The predicted molar refractivity (Wildman–Crippen MR) is 90.7 cm³/mol. The molecule has 0 atom stereocenters. The molecule has 1 aromatic carbocycles. The van der Waals surface area contributed by atoms with E-state index in [0.717, 1.165) is 5.56 Å². The van der Waals surface area contributed by atoms with E-state index in [1.807, 2.05) is 0 Å². The zero-order valence-corrected chi connectivity index (χ0v) is 14.8. The zero-order chi connectivity index (χ0) is 15.9. The van der Waals surface area contributed by atoms with Crippen molar-refractivity contribution in [1.82, 2.24) is 0 Å². The molecule has 22 heavy (non-hydrogen) atoms. The van der Waals surface area contributed by atoms with Crippen LogP contribution >= 0.6 is 46.1 Å². The number of hydrogen-bond donors (Lipinski definition) is 1. The Bertz CT molecular complexity index is 900. The van der Waals surface area contributed by atoms with Gasteiger partial charge in [0.05, 0.1) is 26.8 Å². The summed E-state index contributed by atoms with van der Waals surface area (Å²) in [7, 11) is -3.17. The van der Waals surface area contributed by atoms with Crippen molar-refractivity contribution in [1.29, 1.82) is 0 Å². The molecule has 0 saturated heterocycles. The van der Waals surface area contributed by atoms with Crippen molar-refractivity contribution in [3.05, 3.63) is 49.6 Å². The Labute approximate surface area is 146 Å². The third-order valence-electron chi connectivity index (χ3n) is 3.15. The number of fused-ring (bicyclic) bond motifs is 1. The molecule has 0 amide bonds. The number of rotatable bonds is 2. The van der Waals surface area contributed by atoms with E-state index in [4.69, 9.17) is 34.8 Å². The van der Waals surface area contributed by atoms with Crippen molar-refractivity contribution >= 4 is 61.7 Å². The maximum atomic E-state index is 11.9. The molecule has 1 N–H and O–H groups in total. The predicted octanol–water partition coefficient (Wildman–Crippen LogP) is 3.97. The third kappa shape index (κ3) is 2.98. The Balaban J connectivity index is 2.04. The van der Waals surface area contributed by atoms with Crippen LogP contribution in [-0.2, 0) is 16.3 Å². The third-order valence-corrected chi connectivity index (χ3v) is 7.31. The summed E-state index contributed by atoms with van der Waals surface area (Å²) >= 11 is 19.2. The summed E-state index contributed by atoms with van der Waals surface area (Å²) in [4.78, 5) is 0. The molecule has 0 saturated carbocycles. The molecule has 116 valence electrons. The molecule has 0 unspecified atom stereocenters. The van der Waals surface area contributed by atoms with Crippen LogP contribution in [0.2, 0.25) is 15.1 Å². The largest absolute Gasteiger partial charge is 0.275 e. The minimum absolute atomic E-state index is 0.119. The zero-order valence-electron chi connectivity index (χ0n) is 10.9. The summed E-state index contributed by atoms with van der Waals surface area (Å²) in [6.07, 6.45) is 0.456. The van der Waals surface area contributed by atoms with E-state index >= 15 is 0 Å². The Kier molecular flexibility index (Phi) is 4.40. The van der Waals surface area contributed by atoms with Crippen LogP contribution in [0, 0.1) is 0 Å². The first-order valence-corrected chi connectivity index (χ1v) is 9.83. The SMILES string of the molecule is O=S1(=O)CCc2c1sccc2=NNc1c(Cl)cc(Cl)cc1Cl. The van der Waals surface area contributed by atoms with Gasteiger partial charge in [-0.3, -0.25) is 5.43 Å². The lowest BCUT2D eigenvalue weighted by atomic mass is 10.2. The molecule has 1 aromatic heterocycles. The van der Waals surface area contributed by atoms with Gasteiger partial charge in [0, 0.05) is 10.6 Å². The number of hydrogen-bond acceptors (Lipinski definition) is 5. The van der Waals surface area contributed by atoms with E-state index in [1.165, 1.54) is 11.3 Å². The molecule has 4 nitrogen and oxygen atoms in total. The van der Waals surface area contributed by atoms with Crippen LogP contribution in [-0.4, -0.2) is 14.2 Å². The number of anilines is 1. The Hall–Kier alpha value is -0.790. The van der Waals surface area contributed by atoms with Crippen LogP contribution in [0.15, 0.2) is 32.9 Å². The topological polar surface area (TPSA) is 58.5 Å². The van der Waals surface area contributed by atoms with Crippen LogP contribution in [0.4, 0.5) is 5.69 Å². The van der Waals surface area contributed by atoms with Crippen LogP contribution in [0.3, 0.4) is 0 Å². The van der Waals surface area contributed by atoms with E-state index in [-0.39, 0.29) is 5.75 Å². The molecular weight excluding hydrogens is 387 g/mol. The summed E-state index contributed by atoms with van der Waals surface area (Å²) < 4.78 is 24.2. The monoisotopic (exact) mass is 394 g/mol. The summed E-state index contributed by atoms with van der Waals surface area (Å²) in [6, 6.07) is 4.86. The molecule has 2 aromatic rings. The highest BCUT2D eigenvalue weighted by molar-refractivity contribution is 7.93. The summed E-state index contributed by atoms with van der Waals surface area (Å²) in [5, 5.41) is 7.61. The molecule has 2 heterocycles. The number of halogens is 3. The molecule has 0 aliphatic carbocycles. The highest BCUT2D eigenvalue weighted by Crippen LogP contribution is 2.33. The molecule has 0 radical (unpaired) electrons. The Morgan fingerprint density at radius 2 is 1.86 bits per heavy atom. The minimum atomic E-state index is -3.17. The number of benzene rings is 1. The van der Waals surface area contributed by atoms with Gasteiger partial charge in [-0.15, -0.1) is 11.3 Å². The average Bonchev–Trinajstić information content (AvgIpc) is 2.74. The molecule has 1 aliphatic heterocycles. The highest BCUT2D eigenvalue weighted by Gasteiger charge is 2.28. The Morgan fingerprint density at radius 3 is 2.55 bits per heavy atom. The van der Waals surface area contributed by atoms with E-state index in [0.29, 0.717) is 36.7 Å². The van der Waals surface area contributed by atoms with Gasteiger partial charge in [0.1, 0.15) is 4.21 Å². The lowest BCUT2D eigenvalue weighted by Crippen LogP contribution is -2.11.